The van der Waals surface area contributed by atoms with Crippen LogP contribution in [0.4, 0.5) is 16.3 Å². The molecule has 14 nitrogen and oxygen atoms in total. The number of anilines is 2. The van der Waals surface area contributed by atoms with Gasteiger partial charge in [-0.3, -0.25) is 20.3 Å². The number of aromatic nitrogens is 2. The van der Waals surface area contributed by atoms with E-state index in [0.717, 1.165) is 21.6 Å². The molecule has 0 atom stereocenters. The van der Waals surface area contributed by atoms with Gasteiger partial charge >= 0.3 is 6.09 Å². The lowest BCUT2D eigenvalue weighted by Gasteiger charge is -2.27. The molecule has 6 N–H and O–H groups in total. The van der Waals surface area contributed by atoms with E-state index in [1.54, 1.807) is 24.1 Å². The molecule has 0 unspecified atom stereocenters. The van der Waals surface area contributed by atoms with Crippen molar-refractivity contribution >= 4 is 47.5 Å². The number of ether oxygens (including phenoxy) is 3. The molecular weight excluding hydrogens is 624 g/mol. The monoisotopic (exact) mass is 666 g/mol. The molecule has 3 aromatic rings. The van der Waals surface area contributed by atoms with Crippen LogP contribution in [0.2, 0.25) is 0 Å². The van der Waals surface area contributed by atoms with Crippen LogP contribution in [0.15, 0.2) is 40.4 Å². The van der Waals surface area contributed by atoms with E-state index in [1.807, 2.05) is 50.5 Å². The summed E-state index contributed by atoms with van der Waals surface area (Å²) in [5.74, 6) is 1.67. The number of fused-ring (bicyclic) bond motifs is 1. The number of carbonyl (C=O) groups is 3. The van der Waals surface area contributed by atoms with E-state index in [2.05, 4.69) is 20.9 Å². The fourth-order valence-corrected chi connectivity index (χ4v) is 6.19. The van der Waals surface area contributed by atoms with Crippen molar-refractivity contribution in [2.45, 2.75) is 69.7 Å². The van der Waals surface area contributed by atoms with E-state index >= 15 is 0 Å². The van der Waals surface area contributed by atoms with Crippen LogP contribution in [0.1, 0.15) is 49.1 Å². The Morgan fingerprint density at radius 3 is 2.64 bits per heavy atom. The van der Waals surface area contributed by atoms with Gasteiger partial charge < -0.3 is 40.0 Å². The van der Waals surface area contributed by atoms with E-state index in [4.69, 9.17) is 25.4 Å². The van der Waals surface area contributed by atoms with Crippen molar-refractivity contribution in [1.82, 2.24) is 19.8 Å². The number of imidazole rings is 1. The molecule has 47 heavy (non-hydrogen) atoms. The number of amides is 3. The number of aryl methyl sites for hydroxylation is 2. The van der Waals surface area contributed by atoms with Crippen molar-refractivity contribution < 1.29 is 28.6 Å². The fourth-order valence-electron chi connectivity index (χ4n) is 5.18. The minimum atomic E-state index is -0.685. The number of nitrogen functional groups attached to an aromatic ring is 1. The van der Waals surface area contributed by atoms with E-state index < -0.39 is 6.09 Å². The SMILES string of the molecule is CNc1c(C(=N)N)nc(Sc2cc3c(cc2C)OCO3)n1CCCN(C(=O)CCOC(=O)Nc1cccc(C)c1CNC=O)C(C)C. The van der Waals surface area contributed by atoms with E-state index in [9.17, 15) is 14.4 Å². The van der Waals surface area contributed by atoms with Gasteiger partial charge in [-0.2, -0.15) is 0 Å². The van der Waals surface area contributed by atoms with Crippen LogP contribution in [0.5, 0.6) is 11.5 Å². The highest BCUT2D eigenvalue weighted by Crippen LogP contribution is 2.41. The lowest BCUT2D eigenvalue weighted by Crippen LogP contribution is -2.38. The number of rotatable bonds is 16. The maximum atomic E-state index is 13.2. The Kier molecular flexibility index (Phi) is 11.9. The summed E-state index contributed by atoms with van der Waals surface area (Å²) in [6.07, 6.45) is 0.520. The summed E-state index contributed by atoms with van der Waals surface area (Å²) in [7, 11) is 1.75. The first-order valence-electron chi connectivity index (χ1n) is 15.2. The van der Waals surface area contributed by atoms with Gasteiger partial charge in [-0.1, -0.05) is 23.9 Å². The van der Waals surface area contributed by atoms with Gasteiger partial charge in [0.05, 0.1) is 6.42 Å². The number of hydrogen-bond donors (Lipinski definition) is 5. The third-order valence-electron chi connectivity index (χ3n) is 7.58. The number of benzene rings is 2. The molecule has 0 saturated heterocycles. The van der Waals surface area contributed by atoms with Crippen LogP contribution < -0.4 is 31.2 Å². The number of nitrogens with one attached hydrogen (secondary N) is 4. The van der Waals surface area contributed by atoms with Gasteiger partial charge in [0, 0.05) is 43.3 Å². The van der Waals surface area contributed by atoms with E-state index in [0.29, 0.717) is 59.8 Å². The summed E-state index contributed by atoms with van der Waals surface area (Å²) < 4.78 is 18.4. The fraction of sp³-hybridized carbons (Fsp3) is 0.406. The van der Waals surface area contributed by atoms with Crippen molar-refractivity contribution in [3.8, 4) is 11.5 Å². The predicted molar refractivity (Wildman–Crippen MR) is 179 cm³/mol. The molecular formula is C32H42N8O6S. The first kappa shape index (κ1) is 34.9. The first-order valence-corrected chi connectivity index (χ1v) is 16.0. The zero-order valence-corrected chi connectivity index (χ0v) is 28.1. The summed E-state index contributed by atoms with van der Waals surface area (Å²) in [6, 6.07) is 9.16. The van der Waals surface area contributed by atoms with Crippen LogP contribution >= 0.6 is 11.8 Å². The molecule has 4 rings (SSSR count). The summed E-state index contributed by atoms with van der Waals surface area (Å²) in [4.78, 5) is 43.8. The van der Waals surface area contributed by atoms with Gasteiger partial charge in [0.25, 0.3) is 0 Å². The number of amidine groups is 1. The average Bonchev–Trinajstić information content (AvgIpc) is 3.62. The van der Waals surface area contributed by atoms with E-state index in [1.165, 1.54) is 11.8 Å². The minimum Gasteiger partial charge on any atom is -0.454 e. The Bertz CT molecular complexity index is 1630. The third-order valence-corrected chi connectivity index (χ3v) is 8.73. The maximum absolute atomic E-state index is 13.2. The second-order valence-electron chi connectivity index (χ2n) is 11.1. The van der Waals surface area contributed by atoms with Gasteiger partial charge in [0.15, 0.2) is 16.7 Å². The molecule has 15 heteroatoms. The molecule has 0 spiro atoms. The standard InChI is InChI=1S/C32H42N8O6S/c1-19(2)39(27(42)10-13-44-32(43)37-23-9-6-8-20(3)22(23)16-36-17-41)11-7-12-40-30(35-5)28(29(33)34)38-31(40)47-26-15-25-24(14-21(26)4)45-18-46-25/h6,8-9,14-15,17,19,35H,7,10-13,16,18H2,1-5H3,(H3,33,34)(H,36,41)(H,37,43). The highest BCUT2D eigenvalue weighted by Gasteiger charge is 2.23. The van der Waals surface area contributed by atoms with Crippen molar-refractivity contribution in [3.63, 3.8) is 0 Å². The number of hydrogen-bond acceptors (Lipinski definition) is 10. The van der Waals surface area contributed by atoms with Crippen molar-refractivity contribution in [2.24, 2.45) is 5.73 Å². The third kappa shape index (κ3) is 8.67. The number of carbonyl (C=O) groups excluding carboxylic acids is 3. The molecule has 252 valence electrons. The zero-order valence-electron chi connectivity index (χ0n) is 27.3. The van der Waals surface area contributed by atoms with Gasteiger partial charge in [0.1, 0.15) is 24.0 Å². The maximum Gasteiger partial charge on any atom is 0.411 e. The molecule has 0 bridgehead atoms. The van der Waals surface area contributed by atoms with Crippen LogP contribution in [0, 0.1) is 19.3 Å². The quantitative estimate of drug-likeness (QED) is 0.0842. The second-order valence-corrected chi connectivity index (χ2v) is 12.1. The predicted octanol–water partition coefficient (Wildman–Crippen LogP) is 4.22. The summed E-state index contributed by atoms with van der Waals surface area (Å²) >= 11 is 1.44. The Morgan fingerprint density at radius 2 is 1.96 bits per heavy atom. The Morgan fingerprint density at radius 1 is 1.21 bits per heavy atom. The first-order chi connectivity index (χ1) is 22.5. The summed E-state index contributed by atoms with van der Waals surface area (Å²) in [6.45, 7) is 9.02. The average molecular weight is 667 g/mol. The number of nitrogens with zero attached hydrogens (tertiary/aromatic N) is 3. The van der Waals surface area contributed by atoms with Crippen LogP contribution in [-0.2, 0) is 27.4 Å². The Hall–Kier alpha value is -4.92. The van der Waals surface area contributed by atoms with Gasteiger partial charge in [0.2, 0.25) is 19.1 Å². The smallest absolute Gasteiger partial charge is 0.411 e. The van der Waals surface area contributed by atoms with Crippen LogP contribution in [0.3, 0.4) is 0 Å². The van der Waals surface area contributed by atoms with Crippen molar-refractivity contribution in [1.29, 1.82) is 5.41 Å². The molecule has 0 aliphatic carbocycles. The van der Waals surface area contributed by atoms with E-state index in [-0.39, 0.29) is 44.2 Å². The highest BCUT2D eigenvalue weighted by atomic mass is 32.2. The topological polar surface area (TPSA) is 186 Å². The Balaban J connectivity index is 1.37. The zero-order chi connectivity index (χ0) is 34.1. The normalized spacial score (nSPS) is 11.7. The van der Waals surface area contributed by atoms with Crippen molar-refractivity contribution in [2.75, 3.05) is 37.6 Å². The molecule has 2 aromatic carbocycles. The molecule has 1 aromatic heterocycles. The summed E-state index contributed by atoms with van der Waals surface area (Å²) in [5, 5.41) is 17.2. The molecule has 3 amide bonds. The Labute approximate surface area is 278 Å². The molecule has 0 radical (unpaired) electrons. The number of nitrogens with two attached hydrogens (primary N) is 1. The van der Waals surface area contributed by atoms with Gasteiger partial charge in [-0.05, 0) is 69.0 Å². The van der Waals surface area contributed by atoms with Crippen LogP contribution in [0.25, 0.3) is 0 Å². The van der Waals surface area contributed by atoms with Crippen molar-refractivity contribution in [3.05, 3.63) is 52.7 Å². The lowest BCUT2D eigenvalue weighted by molar-refractivity contribution is -0.133. The van der Waals surface area contributed by atoms with Gasteiger partial charge in [-0.15, -0.1) is 0 Å². The molecule has 1 aliphatic heterocycles. The largest absolute Gasteiger partial charge is 0.454 e. The molecule has 0 fully saturated rings. The lowest BCUT2D eigenvalue weighted by atomic mass is 10.1. The van der Waals surface area contributed by atoms with Crippen LogP contribution in [-0.4, -0.2) is 71.7 Å². The van der Waals surface area contributed by atoms with Gasteiger partial charge in [-0.25, -0.2) is 9.78 Å². The summed E-state index contributed by atoms with van der Waals surface area (Å²) in [5.41, 5.74) is 9.42. The second kappa shape index (κ2) is 16.1. The molecule has 2 heterocycles. The highest BCUT2D eigenvalue weighted by molar-refractivity contribution is 7.99. The minimum absolute atomic E-state index is 0.0186. The molecule has 0 saturated carbocycles. The molecule has 1 aliphatic rings.